The zero-order chi connectivity index (χ0) is 15.5. The van der Waals surface area contributed by atoms with Crippen LogP contribution >= 0.6 is 0 Å². The fourth-order valence-corrected chi connectivity index (χ4v) is 4.70. The summed E-state index contributed by atoms with van der Waals surface area (Å²) in [7, 11) is 2.36. The van der Waals surface area contributed by atoms with E-state index >= 15 is 0 Å². The molecule has 3 atom stereocenters. The highest BCUT2D eigenvalue weighted by atomic mass is 15.2. The summed E-state index contributed by atoms with van der Waals surface area (Å²) in [6, 6.07) is 2.12. The lowest BCUT2D eigenvalue weighted by molar-refractivity contribution is 0.0506. The van der Waals surface area contributed by atoms with Gasteiger partial charge in [0.25, 0.3) is 0 Å². The first-order chi connectivity index (χ1) is 9.99. The molecule has 0 bridgehead atoms. The van der Waals surface area contributed by atoms with E-state index in [1.54, 1.807) is 0 Å². The van der Waals surface area contributed by atoms with Crippen LogP contribution in [0.25, 0.3) is 0 Å². The highest BCUT2D eigenvalue weighted by Crippen LogP contribution is 2.37. The molecular weight excluding hydrogens is 258 g/mol. The molecule has 3 heteroatoms. The lowest BCUT2D eigenvalue weighted by atomic mass is 9.70. The van der Waals surface area contributed by atoms with Gasteiger partial charge in [-0.15, -0.1) is 0 Å². The largest absolute Gasteiger partial charge is 0.312 e. The van der Waals surface area contributed by atoms with Crippen LogP contribution in [0.1, 0.15) is 59.8 Å². The second-order valence-corrected chi connectivity index (χ2v) is 7.85. The molecule has 1 saturated heterocycles. The van der Waals surface area contributed by atoms with Crippen molar-refractivity contribution in [3.63, 3.8) is 0 Å². The van der Waals surface area contributed by atoms with Gasteiger partial charge in [-0.3, -0.25) is 4.90 Å². The summed E-state index contributed by atoms with van der Waals surface area (Å²) in [5, 5.41) is 3.80. The molecule has 0 spiro atoms. The van der Waals surface area contributed by atoms with E-state index in [9.17, 15) is 0 Å². The Morgan fingerprint density at radius 2 is 1.95 bits per heavy atom. The van der Waals surface area contributed by atoms with Gasteiger partial charge in [0.1, 0.15) is 0 Å². The second-order valence-electron chi connectivity index (χ2n) is 7.85. The molecule has 2 aliphatic rings. The normalized spacial score (nSPS) is 33.7. The van der Waals surface area contributed by atoms with Gasteiger partial charge in [0.05, 0.1) is 0 Å². The number of rotatable bonds is 6. The number of hydrogen-bond acceptors (Lipinski definition) is 3. The fraction of sp³-hybridized carbons (Fsp3) is 1.00. The average Bonchev–Trinajstić information content (AvgIpc) is 2.88. The number of likely N-dealkylation sites (tertiary alicyclic amines) is 1. The molecule has 124 valence electrons. The molecule has 2 fully saturated rings. The quantitative estimate of drug-likeness (QED) is 0.813. The van der Waals surface area contributed by atoms with Crippen LogP contribution < -0.4 is 5.32 Å². The van der Waals surface area contributed by atoms with Gasteiger partial charge < -0.3 is 10.2 Å². The number of hydrogen-bond donors (Lipinski definition) is 1. The summed E-state index contributed by atoms with van der Waals surface area (Å²) in [5.41, 5.74) is 0.424. The van der Waals surface area contributed by atoms with Crippen LogP contribution in [0.4, 0.5) is 0 Å². The predicted octanol–water partition coefficient (Wildman–Crippen LogP) is 2.96. The summed E-state index contributed by atoms with van der Waals surface area (Å²) in [5.74, 6) is 0. The second kappa shape index (κ2) is 7.43. The molecule has 1 aliphatic heterocycles. The molecule has 0 amide bonds. The predicted molar refractivity (Wildman–Crippen MR) is 91.8 cm³/mol. The third-order valence-electron chi connectivity index (χ3n) is 5.94. The highest BCUT2D eigenvalue weighted by Gasteiger charge is 2.40. The third-order valence-corrected chi connectivity index (χ3v) is 5.94. The van der Waals surface area contributed by atoms with Crippen molar-refractivity contribution in [3.8, 4) is 0 Å². The third kappa shape index (κ3) is 4.00. The zero-order valence-corrected chi connectivity index (χ0v) is 15.0. The smallest absolute Gasteiger partial charge is 0.0274 e. The SMILES string of the molecule is CCNC1C(N(C)CC2CCCN2CC)CCCC1(C)C. The minimum Gasteiger partial charge on any atom is -0.312 e. The molecule has 1 N–H and O–H groups in total. The summed E-state index contributed by atoms with van der Waals surface area (Å²) in [6.45, 7) is 14.3. The van der Waals surface area contributed by atoms with Gasteiger partial charge in [-0.05, 0) is 57.8 Å². The van der Waals surface area contributed by atoms with E-state index < -0.39 is 0 Å². The van der Waals surface area contributed by atoms with Crippen LogP contribution in [0.15, 0.2) is 0 Å². The number of likely N-dealkylation sites (N-methyl/N-ethyl adjacent to an activating group) is 3. The summed E-state index contributed by atoms with van der Waals surface area (Å²) >= 11 is 0. The van der Waals surface area contributed by atoms with Crippen molar-refractivity contribution in [1.82, 2.24) is 15.1 Å². The molecule has 1 heterocycles. The lowest BCUT2D eigenvalue weighted by Crippen LogP contribution is -2.59. The molecule has 3 unspecified atom stereocenters. The van der Waals surface area contributed by atoms with Crippen LogP contribution in [0.2, 0.25) is 0 Å². The standard InChI is InChI=1S/C18H37N3/c1-6-19-17-16(11-8-12-18(17,3)4)20(5)14-15-10-9-13-21(15)7-2/h15-17,19H,6-14H2,1-5H3. The Hall–Kier alpha value is -0.120. The Bertz CT molecular complexity index is 316. The van der Waals surface area contributed by atoms with Crippen molar-refractivity contribution in [2.24, 2.45) is 5.41 Å². The Balaban J connectivity index is 2.00. The molecule has 3 nitrogen and oxygen atoms in total. The van der Waals surface area contributed by atoms with Gasteiger partial charge in [-0.25, -0.2) is 0 Å². The zero-order valence-electron chi connectivity index (χ0n) is 15.0. The van der Waals surface area contributed by atoms with E-state index in [0.29, 0.717) is 17.5 Å². The number of nitrogens with one attached hydrogen (secondary N) is 1. The molecule has 2 rings (SSSR count). The molecule has 1 saturated carbocycles. The van der Waals surface area contributed by atoms with Crippen molar-refractivity contribution >= 4 is 0 Å². The lowest BCUT2D eigenvalue weighted by Gasteiger charge is -2.48. The maximum atomic E-state index is 3.80. The molecular formula is C18H37N3. The Morgan fingerprint density at radius 3 is 2.62 bits per heavy atom. The highest BCUT2D eigenvalue weighted by molar-refractivity contribution is 4.98. The number of nitrogens with zero attached hydrogens (tertiary/aromatic N) is 2. The maximum Gasteiger partial charge on any atom is 0.0274 e. The molecule has 0 aromatic heterocycles. The summed E-state index contributed by atoms with van der Waals surface area (Å²) < 4.78 is 0. The van der Waals surface area contributed by atoms with Gasteiger partial charge in [0.15, 0.2) is 0 Å². The monoisotopic (exact) mass is 295 g/mol. The maximum absolute atomic E-state index is 3.80. The molecule has 1 aliphatic carbocycles. The topological polar surface area (TPSA) is 18.5 Å². The average molecular weight is 296 g/mol. The van der Waals surface area contributed by atoms with E-state index in [0.717, 1.165) is 12.6 Å². The molecule has 0 aromatic carbocycles. The van der Waals surface area contributed by atoms with Crippen LogP contribution in [-0.4, -0.2) is 61.2 Å². The van der Waals surface area contributed by atoms with Gasteiger partial charge in [0, 0.05) is 24.7 Å². The van der Waals surface area contributed by atoms with E-state index in [2.05, 4.69) is 49.9 Å². The molecule has 0 aromatic rings. The van der Waals surface area contributed by atoms with Crippen molar-refractivity contribution in [1.29, 1.82) is 0 Å². The van der Waals surface area contributed by atoms with E-state index in [4.69, 9.17) is 0 Å². The van der Waals surface area contributed by atoms with E-state index in [1.165, 1.54) is 51.7 Å². The van der Waals surface area contributed by atoms with Gasteiger partial charge in [0.2, 0.25) is 0 Å². The van der Waals surface area contributed by atoms with Crippen molar-refractivity contribution in [2.75, 3.05) is 33.2 Å². The van der Waals surface area contributed by atoms with Crippen molar-refractivity contribution in [2.45, 2.75) is 77.9 Å². The van der Waals surface area contributed by atoms with Gasteiger partial charge >= 0.3 is 0 Å². The van der Waals surface area contributed by atoms with Crippen LogP contribution in [0.5, 0.6) is 0 Å². The molecule has 0 radical (unpaired) electrons. The van der Waals surface area contributed by atoms with Crippen LogP contribution in [0.3, 0.4) is 0 Å². The Morgan fingerprint density at radius 1 is 1.19 bits per heavy atom. The summed E-state index contributed by atoms with van der Waals surface area (Å²) in [4.78, 5) is 5.35. The Kier molecular flexibility index (Phi) is 6.10. The fourth-order valence-electron chi connectivity index (χ4n) is 4.70. The van der Waals surface area contributed by atoms with E-state index in [-0.39, 0.29) is 0 Å². The van der Waals surface area contributed by atoms with Gasteiger partial charge in [-0.1, -0.05) is 34.1 Å². The first-order valence-electron chi connectivity index (χ1n) is 9.17. The summed E-state index contributed by atoms with van der Waals surface area (Å²) in [6.07, 6.45) is 6.88. The van der Waals surface area contributed by atoms with E-state index in [1.807, 2.05) is 0 Å². The molecule has 21 heavy (non-hydrogen) atoms. The van der Waals surface area contributed by atoms with Gasteiger partial charge in [-0.2, -0.15) is 0 Å². The van der Waals surface area contributed by atoms with Crippen LogP contribution in [-0.2, 0) is 0 Å². The minimum absolute atomic E-state index is 0.424. The first kappa shape index (κ1) is 17.2. The first-order valence-corrected chi connectivity index (χ1v) is 9.17. The van der Waals surface area contributed by atoms with Crippen molar-refractivity contribution in [3.05, 3.63) is 0 Å². The minimum atomic E-state index is 0.424. The van der Waals surface area contributed by atoms with Crippen LogP contribution in [0, 0.1) is 5.41 Å². The van der Waals surface area contributed by atoms with Crippen molar-refractivity contribution < 1.29 is 0 Å². The Labute approximate surface area is 132 Å².